The van der Waals surface area contributed by atoms with Gasteiger partial charge in [0.15, 0.2) is 0 Å². The molecule has 23 heavy (non-hydrogen) atoms. The Bertz CT molecular complexity index is 676. The van der Waals surface area contributed by atoms with Gasteiger partial charge in [0.1, 0.15) is 18.1 Å². The van der Waals surface area contributed by atoms with E-state index in [2.05, 4.69) is 15.6 Å². The number of urea groups is 1. The molecular formula is C17H19N3O3. The molecule has 6 heteroatoms. The number of rotatable bonds is 4. The minimum Gasteiger partial charge on any atom is -0.497 e. The van der Waals surface area contributed by atoms with E-state index in [1.165, 1.54) is 0 Å². The van der Waals surface area contributed by atoms with Crippen molar-refractivity contribution < 1.29 is 14.3 Å². The topological polar surface area (TPSA) is 72.5 Å². The van der Waals surface area contributed by atoms with Crippen LogP contribution >= 0.6 is 0 Å². The number of methoxy groups -OCH3 is 1. The number of nitrogens with one attached hydrogen (secondary N) is 2. The summed E-state index contributed by atoms with van der Waals surface area (Å²) in [7, 11) is 1.63. The standard InChI is InChI=1S/C17H19N3O3/c1-22-15-5-6-16-12(9-15)8-14(11-23-16)20-17(21)19-10-13-4-2-3-7-18-13/h2-7,9,14H,8,10-11H2,1H3,(H2,19,20,21). The lowest BCUT2D eigenvalue weighted by molar-refractivity contribution is 0.214. The van der Waals surface area contributed by atoms with E-state index >= 15 is 0 Å². The van der Waals surface area contributed by atoms with Crippen molar-refractivity contribution in [1.29, 1.82) is 0 Å². The smallest absolute Gasteiger partial charge is 0.315 e. The lowest BCUT2D eigenvalue weighted by atomic mass is 10.0. The first-order chi connectivity index (χ1) is 11.2. The van der Waals surface area contributed by atoms with Crippen molar-refractivity contribution in [2.45, 2.75) is 19.0 Å². The molecule has 6 nitrogen and oxygen atoms in total. The Hall–Kier alpha value is -2.76. The van der Waals surface area contributed by atoms with Gasteiger partial charge in [0.25, 0.3) is 0 Å². The van der Waals surface area contributed by atoms with Gasteiger partial charge in [-0.1, -0.05) is 6.07 Å². The zero-order valence-electron chi connectivity index (χ0n) is 12.9. The third kappa shape index (κ3) is 3.91. The molecule has 120 valence electrons. The van der Waals surface area contributed by atoms with Crippen molar-refractivity contribution in [3.8, 4) is 11.5 Å². The van der Waals surface area contributed by atoms with Crippen LogP contribution in [0.5, 0.6) is 11.5 Å². The lowest BCUT2D eigenvalue weighted by Crippen LogP contribution is -2.47. The highest BCUT2D eigenvalue weighted by atomic mass is 16.5. The fourth-order valence-corrected chi connectivity index (χ4v) is 2.50. The van der Waals surface area contributed by atoms with Crippen LogP contribution in [0.2, 0.25) is 0 Å². The van der Waals surface area contributed by atoms with Crippen LogP contribution in [0.15, 0.2) is 42.6 Å². The predicted octanol–water partition coefficient (Wildman–Crippen LogP) is 1.89. The molecule has 3 rings (SSSR count). The molecule has 0 spiro atoms. The molecule has 1 aliphatic rings. The van der Waals surface area contributed by atoms with Crippen LogP contribution in [0, 0.1) is 0 Å². The summed E-state index contributed by atoms with van der Waals surface area (Å²) in [6.07, 6.45) is 2.41. The number of fused-ring (bicyclic) bond motifs is 1. The molecular weight excluding hydrogens is 294 g/mol. The number of hydrogen-bond acceptors (Lipinski definition) is 4. The molecule has 2 N–H and O–H groups in total. The summed E-state index contributed by atoms with van der Waals surface area (Å²) in [6, 6.07) is 11.0. The number of carbonyl (C=O) groups excluding carboxylic acids is 1. The van der Waals surface area contributed by atoms with Gasteiger partial charge in [-0.3, -0.25) is 4.98 Å². The summed E-state index contributed by atoms with van der Waals surface area (Å²) in [5, 5.41) is 5.72. The fourth-order valence-electron chi connectivity index (χ4n) is 2.50. The first-order valence-electron chi connectivity index (χ1n) is 7.48. The Kier molecular flexibility index (Phi) is 4.61. The predicted molar refractivity (Wildman–Crippen MR) is 85.6 cm³/mol. The van der Waals surface area contributed by atoms with Gasteiger partial charge >= 0.3 is 6.03 Å². The highest BCUT2D eigenvalue weighted by molar-refractivity contribution is 5.74. The summed E-state index contributed by atoms with van der Waals surface area (Å²) >= 11 is 0. The molecule has 1 aliphatic heterocycles. The summed E-state index contributed by atoms with van der Waals surface area (Å²) < 4.78 is 10.9. The molecule has 0 bridgehead atoms. The third-order valence-corrected chi connectivity index (χ3v) is 3.67. The molecule has 2 aromatic rings. The first-order valence-corrected chi connectivity index (χ1v) is 7.48. The zero-order valence-corrected chi connectivity index (χ0v) is 12.9. The molecule has 2 amide bonds. The van der Waals surface area contributed by atoms with Crippen LogP contribution in [0.1, 0.15) is 11.3 Å². The van der Waals surface area contributed by atoms with Gasteiger partial charge in [0.05, 0.1) is 25.4 Å². The Morgan fingerprint density at radius 2 is 2.30 bits per heavy atom. The Morgan fingerprint density at radius 3 is 3.09 bits per heavy atom. The van der Waals surface area contributed by atoms with Gasteiger partial charge in [-0.25, -0.2) is 4.79 Å². The van der Waals surface area contributed by atoms with Crippen LogP contribution in [-0.2, 0) is 13.0 Å². The molecule has 0 fully saturated rings. The summed E-state index contributed by atoms with van der Waals surface area (Å²) in [5.74, 6) is 1.63. The second-order valence-electron chi connectivity index (χ2n) is 5.33. The molecule has 0 saturated carbocycles. The number of pyridine rings is 1. The van der Waals surface area contributed by atoms with E-state index in [1.807, 2.05) is 36.4 Å². The van der Waals surface area contributed by atoms with Gasteiger partial charge in [-0.2, -0.15) is 0 Å². The number of aromatic nitrogens is 1. The second kappa shape index (κ2) is 7.00. The average molecular weight is 313 g/mol. The number of amides is 2. The zero-order chi connectivity index (χ0) is 16.1. The maximum Gasteiger partial charge on any atom is 0.315 e. The molecule has 0 radical (unpaired) electrons. The van der Waals surface area contributed by atoms with Crippen molar-refractivity contribution in [3.05, 3.63) is 53.9 Å². The van der Waals surface area contributed by atoms with Crippen molar-refractivity contribution in [3.63, 3.8) is 0 Å². The lowest BCUT2D eigenvalue weighted by Gasteiger charge is -2.26. The molecule has 2 heterocycles. The normalized spacial score (nSPS) is 16.0. The Morgan fingerprint density at radius 1 is 1.39 bits per heavy atom. The van der Waals surface area contributed by atoms with Crippen molar-refractivity contribution in [2.24, 2.45) is 0 Å². The van der Waals surface area contributed by atoms with E-state index < -0.39 is 0 Å². The minimum atomic E-state index is -0.226. The van der Waals surface area contributed by atoms with Gasteiger partial charge in [-0.15, -0.1) is 0 Å². The van der Waals surface area contributed by atoms with E-state index in [4.69, 9.17) is 9.47 Å². The van der Waals surface area contributed by atoms with Crippen LogP contribution < -0.4 is 20.1 Å². The Balaban J connectivity index is 1.53. The van der Waals surface area contributed by atoms with E-state index in [0.717, 1.165) is 22.8 Å². The molecule has 1 atom stereocenters. The molecule has 0 saturated heterocycles. The van der Waals surface area contributed by atoms with E-state index in [9.17, 15) is 4.79 Å². The maximum atomic E-state index is 12.0. The largest absolute Gasteiger partial charge is 0.497 e. The fraction of sp³-hybridized carbons (Fsp3) is 0.294. The van der Waals surface area contributed by atoms with E-state index in [-0.39, 0.29) is 12.1 Å². The average Bonchev–Trinajstić information content (AvgIpc) is 2.60. The maximum absolute atomic E-state index is 12.0. The van der Waals surface area contributed by atoms with Gasteiger partial charge in [0, 0.05) is 6.20 Å². The summed E-state index contributed by atoms with van der Waals surface area (Å²) in [4.78, 5) is 16.2. The monoisotopic (exact) mass is 313 g/mol. The van der Waals surface area contributed by atoms with Gasteiger partial charge in [0.2, 0.25) is 0 Å². The number of nitrogens with zero attached hydrogens (tertiary/aromatic N) is 1. The summed E-state index contributed by atoms with van der Waals surface area (Å²) in [6.45, 7) is 0.848. The minimum absolute atomic E-state index is 0.0710. The van der Waals surface area contributed by atoms with Crippen LogP contribution in [0.4, 0.5) is 4.79 Å². The number of carbonyl (C=O) groups is 1. The van der Waals surface area contributed by atoms with Crippen LogP contribution in [-0.4, -0.2) is 30.8 Å². The van der Waals surface area contributed by atoms with Crippen molar-refractivity contribution >= 4 is 6.03 Å². The summed E-state index contributed by atoms with van der Waals surface area (Å²) in [5.41, 5.74) is 1.85. The van der Waals surface area contributed by atoms with Crippen molar-refractivity contribution in [2.75, 3.05) is 13.7 Å². The molecule has 1 unspecified atom stereocenters. The van der Waals surface area contributed by atoms with E-state index in [1.54, 1.807) is 13.3 Å². The highest BCUT2D eigenvalue weighted by Gasteiger charge is 2.21. The first kappa shape index (κ1) is 15.1. The van der Waals surface area contributed by atoms with Crippen LogP contribution in [0.25, 0.3) is 0 Å². The number of ether oxygens (including phenoxy) is 2. The van der Waals surface area contributed by atoms with E-state index in [0.29, 0.717) is 19.6 Å². The highest BCUT2D eigenvalue weighted by Crippen LogP contribution is 2.28. The quantitative estimate of drug-likeness (QED) is 0.904. The number of hydrogen-bond donors (Lipinski definition) is 2. The molecule has 0 aliphatic carbocycles. The molecule has 1 aromatic heterocycles. The Labute approximate surface area is 134 Å². The van der Waals surface area contributed by atoms with Crippen molar-refractivity contribution in [1.82, 2.24) is 15.6 Å². The second-order valence-corrected chi connectivity index (χ2v) is 5.33. The van der Waals surface area contributed by atoms with Gasteiger partial charge < -0.3 is 20.1 Å². The SMILES string of the molecule is COc1ccc2c(c1)CC(NC(=O)NCc1ccccn1)CO2. The van der Waals surface area contributed by atoms with Crippen LogP contribution in [0.3, 0.4) is 0 Å². The third-order valence-electron chi connectivity index (χ3n) is 3.67. The molecule has 1 aromatic carbocycles. The van der Waals surface area contributed by atoms with Gasteiger partial charge in [-0.05, 0) is 42.3 Å². The number of benzene rings is 1.